The SMILES string of the molecule is CC1CCC(Oc2ccc(C(=O)N[C@@H]3C4CCN(CC4)[C@H]3C)cc2)N1. The number of nitrogens with zero attached hydrogens (tertiary/aromatic N) is 1. The molecule has 0 radical (unpaired) electrons. The van der Waals surface area contributed by atoms with E-state index in [0.29, 0.717) is 23.6 Å². The summed E-state index contributed by atoms with van der Waals surface area (Å²) < 4.78 is 5.94. The lowest BCUT2D eigenvalue weighted by Gasteiger charge is -2.49. The average Bonchev–Trinajstić information content (AvgIpc) is 3.04. The number of hydrogen-bond donors (Lipinski definition) is 2. The summed E-state index contributed by atoms with van der Waals surface area (Å²) in [7, 11) is 0. The Morgan fingerprint density at radius 1 is 1.12 bits per heavy atom. The van der Waals surface area contributed by atoms with Gasteiger partial charge in [0, 0.05) is 23.7 Å². The second kappa shape index (κ2) is 6.96. The molecule has 2 N–H and O–H groups in total. The average molecular weight is 343 g/mol. The number of ether oxygens (including phenoxy) is 1. The molecule has 1 aromatic rings. The van der Waals surface area contributed by atoms with Crippen molar-refractivity contribution in [2.24, 2.45) is 5.92 Å². The van der Waals surface area contributed by atoms with Gasteiger partial charge in [-0.2, -0.15) is 0 Å². The number of rotatable bonds is 4. The predicted molar refractivity (Wildman–Crippen MR) is 97.7 cm³/mol. The van der Waals surface area contributed by atoms with E-state index in [1.165, 1.54) is 25.9 Å². The minimum absolute atomic E-state index is 0.0322. The van der Waals surface area contributed by atoms with Gasteiger partial charge in [0.2, 0.25) is 0 Å². The van der Waals surface area contributed by atoms with Gasteiger partial charge in [0.05, 0.1) is 0 Å². The Hall–Kier alpha value is -1.59. The highest BCUT2D eigenvalue weighted by atomic mass is 16.5. The molecule has 4 saturated heterocycles. The second-order valence-corrected chi connectivity index (χ2v) is 7.89. The van der Waals surface area contributed by atoms with Gasteiger partial charge < -0.3 is 10.1 Å². The topological polar surface area (TPSA) is 53.6 Å². The Labute approximate surface area is 150 Å². The number of amides is 1. The smallest absolute Gasteiger partial charge is 0.251 e. The van der Waals surface area contributed by atoms with Crippen LogP contribution in [0.2, 0.25) is 0 Å². The van der Waals surface area contributed by atoms with Crippen molar-refractivity contribution in [3.05, 3.63) is 29.8 Å². The Morgan fingerprint density at radius 3 is 2.44 bits per heavy atom. The maximum atomic E-state index is 12.7. The molecular formula is C20H29N3O2. The first kappa shape index (κ1) is 16.9. The molecule has 4 heterocycles. The number of hydrogen-bond acceptors (Lipinski definition) is 4. The first-order valence-corrected chi connectivity index (χ1v) is 9.68. The van der Waals surface area contributed by atoms with E-state index < -0.39 is 0 Å². The molecule has 0 aromatic heterocycles. The fourth-order valence-corrected chi connectivity index (χ4v) is 4.61. The van der Waals surface area contributed by atoms with Crippen LogP contribution in [-0.2, 0) is 0 Å². The third-order valence-corrected chi connectivity index (χ3v) is 6.20. The number of carbonyl (C=O) groups is 1. The van der Waals surface area contributed by atoms with Crippen molar-refractivity contribution in [3.8, 4) is 5.75 Å². The van der Waals surface area contributed by atoms with Crippen molar-refractivity contribution >= 4 is 5.91 Å². The molecule has 5 nitrogen and oxygen atoms in total. The van der Waals surface area contributed by atoms with Crippen LogP contribution in [0.3, 0.4) is 0 Å². The summed E-state index contributed by atoms with van der Waals surface area (Å²) in [6.07, 6.45) is 4.66. The summed E-state index contributed by atoms with van der Waals surface area (Å²) in [6.45, 7) is 6.77. The van der Waals surface area contributed by atoms with Crippen LogP contribution in [0.5, 0.6) is 5.75 Å². The molecule has 2 unspecified atom stereocenters. The molecule has 4 atom stereocenters. The Bertz CT molecular complexity index is 608. The zero-order chi connectivity index (χ0) is 17.4. The van der Waals surface area contributed by atoms with Crippen LogP contribution in [0.1, 0.15) is 49.9 Å². The molecule has 4 fully saturated rings. The van der Waals surface area contributed by atoms with E-state index in [1.807, 2.05) is 24.3 Å². The molecule has 1 amide bonds. The lowest BCUT2D eigenvalue weighted by atomic mass is 9.79. The van der Waals surface area contributed by atoms with E-state index in [4.69, 9.17) is 4.74 Å². The van der Waals surface area contributed by atoms with Crippen molar-refractivity contribution in [1.82, 2.24) is 15.5 Å². The number of piperidine rings is 3. The van der Waals surface area contributed by atoms with E-state index in [9.17, 15) is 4.79 Å². The van der Waals surface area contributed by atoms with Gasteiger partial charge in [0.25, 0.3) is 5.91 Å². The van der Waals surface area contributed by atoms with Crippen LogP contribution >= 0.6 is 0 Å². The van der Waals surface area contributed by atoms with Crippen LogP contribution in [0, 0.1) is 5.92 Å². The van der Waals surface area contributed by atoms with E-state index in [2.05, 4.69) is 29.4 Å². The molecule has 0 saturated carbocycles. The molecular weight excluding hydrogens is 314 g/mol. The molecule has 2 bridgehead atoms. The Balaban J connectivity index is 1.36. The number of nitrogens with one attached hydrogen (secondary N) is 2. The van der Waals surface area contributed by atoms with Gasteiger partial charge in [-0.05, 0) is 82.8 Å². The second-order valence-electron chi connectivity index (χ2n) is 7.89. The summed E-state index contributed by atoms with van der Waals surface area (Å²) in [6, 6.07) is 8.77. The first-order chi connectivity index (χ1) is 12.1. The predicted octanol–water partition coefficient (Wildman–Crippen LogP) is 2.38. The lowest BCUT2D eigenvalue weighted by Crippen LogP contribution is -2.62. The molecule has 4 aliphatic rings. The maximum absolute atomic E-state index is 12.7. The zero-order valence-electron chi connectivity index (χ0n) is 15.2. The van der Waals surface area contributed by atoms with Crippen molar-refractivity contribution < 1.29 is 9.53 Å². The summed E-state index contributed by atoms with van der Waals surface area (Å²) >= 11 is 0. The molecule has 4 aliphatic heterocycles. The Kier molecular flexibility index (Phi) is 4.69. The van der Waals surface area contributed by atoms with Crippen molar-refractivity contribution in [1.29, 1.82) is 0 Å². The van der Waals surface area contributed by atoms with Gasteiger partial charge in [0.15, 0.2) is 0 Å². The summed E-state index contributed by atoms with van der Waals surface area (Å²) in [4.78, 5) is 15.1. The molecule has 25 heavy (non-hydrogen) atoms. The van der Waals surface area contributed by atoms with Gasteiger partial charge in [-0.15, -0.1) is 0 Å². The molecule has 136 valence electrons. The minimum Gasteiger partial charge on any atom is -0.475 e. The third kappa shape index (κ3) is 3.53. The Morgan fingerprint density at radius 2 is 1.84 bits per heavy atom. The first-order valence-electron chi connectivity index (χ1n) is 9.68. The van der Waals surface area contributed by atoms with Crippen LogP contribution in [-0.4, -0.2) is 48.3 Å². The van der Waals surface area contributed by atoms with Gasteiger partial charge in [-0.1, -0.05) is 0 Å². The highest BCUT2D eigenvalue weighted by Gasteiger charge is 2.40. The highest BCUT2D eigenvalue weighted by Crippen LogP contribution is 2.32. The van der Waals surface area contributed by atoms with Crippen LogP contribution in [0.15, 0.2) is 24.3 Å². The van der Waals surface area contributed by atoms with Crippen LogP contribution in [0.25, 0.3) is 0 Å². The third-order valence-electron chi connectivity index (χ3n) is 6.20. The van der Waals surface area contributed by atoms with Crippen LogP contribution in [0.4, 0.5) is 0 Å². The van der Waals surface area contributed by atoms with Crippen molar-refractivity contribution in [2.45, 2.75) is 63.9 Å². The van der Waals surface area contributed by atoms with Gasteiger partial charge in [-0.3, -0.25) is 15.0 Å². The summed E-state index contributed by atoms with van der Waals surface area (Å²) in [5, 5.41) is 6.69. The normalized spacial score (nSPS) is 37.0. The van der Waals surface area contributed by atoms with Gasteiger partial charge >= 0.3 is 0 Å². The fourth-order valence-electron chi connectivity index (χ4n) is 4.61. The largest absolute Gasteiger partial charge is 0.475 e. The molecule has 0 aliphatic carbocycles. The number of benzene rings is 1. The van der Waals surface area contributed by atoms with Crippen molar-refractivity contribution in [2.75, 3.05) is 13.1 Å². The molecule has 1 aromatic carbocycles. The van der Waals surface area contributed by atoms with Gasteiger partial charge in [0.1, 0.15) is 12.0 Å². The molecule has 0 spiro atoms. The fraction of sp³-hybridized carbons (Fsp3) is 0.650. The van der Waals surface area contributed by atoms with Crippen molar-refractivity contribution in [3.63, 3.8) is 0 Å². The monoisotopic (exact) mass is 343 g/mol. The quantitative estimate of drug-likeness (QED) is 0.881. The highest BCUT2D eigenvalue weighted by molar-refractivity contribution is 5.94. The van der Waals surface area contributed by atoms with E-state index >= 15 is 0 Å². The number of carbonyl (C=O) groups excluding carboxylic acids is 1. The summed E-state index contributed by atoms with van der Waals surface area (Å²) in [5.41, 5.74) is 0.712. The maximum Gasteiger partial charge on any atom is 0.251 e. The molecule has 5 heteroatoms. The van der Waals surface area contributed by atoms with E-state index in [1.54, 1.807) is 0 Å². The molecule has 5 rings (SSSR count). The summed E-state index contributed by atoms with van der Waals surface area (Å²) in [5.74, 6) is 1.48. The lowest BCUT2D eigenvalue weighted by molar-refractivity contribution is 0.0217. The van der Waals surface area contributed by atoms with Gasteiger partial charge in [-0.25, -0.2) is 0 Å². The minimum atomic E-state index is 0.0322. The zero-order valence-corrected chi connectivity index (χ0v) is 15.2. The van der Waals surface area contributed by atoms with Crippen LogP contribution < -0.4 is 15.4 Å². The van der Waals surface area contributed by atoms with E-state index in [0.717, 1.165) is 18.6 Å². The standard InChI is InChI=1S/C20H29N3O2/c1-13-3-8-18(21-13)25-17-6-4-16(5-7-17)20(24)22-19-14(2)23-11-9-15(19)10-12-23/h4-7,13-15,18-19,21H,3,8-12H2,1-2H3,(H,22,24)/t13?,14-,18?,19-/m0/s1. The number of fused-ring (bicyclic) bond motifs is 3. The van der Waals surface area contributed by atoms with E-state index in [-0.39, 0.29) is 18.2 Å².